The zero-order valence-corrected chi connectivity index (χ0v) is 17.6. The third kappa shape index (κ3) is 5.07. The first kappa shape index (κ1) is 21.4. The van der Waals surface area contributed by atoms with Gasteiger partial charge in [-0.3, -0.25) is 4.79 Å². The lowest BCUT2D eigenvalue weighted by Crippen LogP contribution is -2.59. The number of hydrogen-bond donors (Lipinski definition) is 2. The Hall–Kier alpha value is -2.87. The first-order valence-corrected chi connectivity index (χ1v) is 10.7. The van der Waals surface area contributed by atoms with Crippen molar-refractivity contribution in [3.05, 3.63) is 95.8 Å². The molecule has 0 radical (unpaired) electrons. The van der Waals surface area contributed by atoms with E-state index in [0.717, 1.165) is 21.8 Å². The molecule has 3 N–H and O–H groups in total. The lowest BCUT2D eigenvalue weighted by molar-refractivity contribution is -0.138. The molecule has 1 unspecified atom stereocenters. The topological polar surface area (TPSA) is 75.8 Å². The molecule has 0 aliphatic carbocycles. The average molecular weight is 439 g/mol. The Bertz CT molecular complexity index is 1060. The van der Waals surface area contributed by atoms with Gasteiger partial charge in [-0.2, -0.15) is 0 Å². The number of aliphatic carboxylic acids is 1. The van der Waals surface area contributed by atoms with Gasteiger partial charge in [-0.05, 0) is 60.3 Å². The van der Waals surface area contributed by atoms with E-state index in [2.05, 4.69) is 4.31 Å². The molecule has 0 aromatic heterocycles. The highest BCUT2D eigenvalue weighted by atomic mass is 32.2. The summed E-state index contributed by atoms with van der Waals surface area (Å²) in [7, 11) is 0. The van der Waals surface area contributed by atoms with Crippen LogP contribution in [0.5, 0.6) is 5.75 Å². The van der Waals surface area contributed by atoms with Crippen LogP contribution in [0, 0.1) is 5.82 Å². The number of benzene rings is 3. The van der Waals surface area contributed by atoms with Gasteiger partial charge in [0.25, 0.3) is 0 Å². The Labute approximate surface area is 184 Å². The van der Waals surface area contributed by atoms with E-state index in [1.54, 1.807) is 18.0 Å². The number of halogens is 1. The summed E-state index contributed by atoms with van der Waals surface area (Å²) in [6, 6.07) is 22.8. The highest BCUT2D eigenvalue weighted by Crippen LogP contribution is 2.42. The third-order valence-electron chi connectivity index (χ3n) is 5.18. The second-order valence-corrected chi connectivity index (χ2v) is 8.78. The zero-order chi connectivity index (χ0) is 21.8. The van der Waals surface area contributed by atoms with Crippen molar-refractivity contribution in [1.29, 1.82) is 0 Å². The van der Waals surface area contributed by atoms with Gasteiger partial charge in [0.15, 0.2) is 5.60 Å². The highest BCUT2D eigenvalue weighted by Gasteiger charge is 2.47. The van der Waals surface area contributed by atoms with Crippen LogP contribution in [0.1, 0.15) is 11.1 Å². The molecule has 0 saturated carbocycles. The fourth-order valence-corrected chi connectivity index (χ4v) is 4.79. The van der Waals surface area contributed by atoms with Crippen molar-refractivity contribution >= 4 is 17.9 Å². The second-order valence-electron chi connectivity index (χ2n) is 7.61. The van der Waals surface area contributed by atoms with Crippen LogP contribution in [0.4, 0.5) is 4.39 Å². The quantitative estimate of drug-likeness (QED) is 0.516. The van der Waals surface area contributed by atoms with Crippen LogP contribution in [0.2, 0.25) is 0 Å². The van der Waals surface area contributed by atoms with Crippen molar-refractivity contribution in [2.45, 2.75) is 23.0 Å². The third-order valence-corrected chi connectivity index (χ3v) is 6.16. The Morgan fingerprint density at radius 1 is 1.10 bits per heavy atom. The smallest absolute Gasteiger partial charge is 0.320 e. The number of hydrogen-bond acceptors (Lipinski definition) is 5. The predicted molar refractivity (Wildman–Crippen MR) is 118 cm³/mol. The summed E-state index contributed by atoms with van der Waals surface area (Å²) in [5.74, 6) is -0.568. The van der Waals surface area contributed by atoms with E-state index >= 15 is 0 Å². The maximum absolute atomic E-state index is 13.9. The number of carbonyl (C=O) groups is 1. The normalized spacial score (nSPS) is 16.3. The standard InChI is InChI=1S/C24H23FN2O3S/c25-19-8-5-7-18(14-19)24(30-20-9-2-1-3-10-20)15-27(16-24)31-21-11-4-6-17(12-21)13-22(26)23(28)29/h1-12,14,22H,13,15-16,26H2,(H,28,29). The van der Waals surface area contributed by atoms with E-state index in [1.165, 1.54) is 12.1 Å². The molecule has 1 aliphatic rings. The van der Waals surface area contributed by atoms with Crippen molar-refractivity contribution in [2.24, 2.45) is 5.73 Å². The molecule has 5 nitrogen and oxygen atoms in total. The van der Waals surface area contributed by atoms with E-state index in [9.17, 15) is 9.18 Å². The Balaban J connectivity index is 1.48. The van der Waals surface area contributed by atoms with E-state index < -0.39 is 17.6 Å². The molecule has 1 aliphatic heterocycles. The molecular formula is C24H23FN2O3S. The second kappa shape index (κ2) is 9.09. The lowest BCUT2D eigenvalue weighted by Gasteiger charge is -2.49. The summed E-state index contributed by atoms with van der Waals surface area (Å²) in [6.07, 6.45) is 0.272. The van der Waals surface area contributed by atoms with Gasteiger partial charge in [0, 0.05) is 10.5 Å². The van der Waals surface area contributed by atoms with Crippen LogP contribution < -0.4 is 10.5 Å². The maximum Gasteiger partial charge on any atom is 0.320 e. The van der Waals surface area contributed by atoms with Crippen molar-refractivity contribution in [1.82, 2.24) is 4.31 Å². The molecule has 3 aromatic carbocycles. The average Bonchev–Trinajstić information content (AvgIpc) is 2.73. The van der Waals surface area contributed by atoms with Gasteiger partial charge in [-0.25, -0.2) is 8.70 Å². The van der Waals surface area contributed by atoms with Gasteiger partial charge >= 0.3 is 5.97 Å². The van der Waals surface area contributed by atoms with Crippen molar-refractivity contribution in [3.63, 3.8) is 0 Å². The molecule has 4 rings (SSSR count). The van der Waals surface area contributed by atoms with Crippen LogP contribution in [0.3, 0.4) is 0 Å². The van der Waals surface area contributed by atoms with Gasteiger partial charge < -0.3 is 15.6 Å². The largest absolute Gasteiger partial charge is 0.480 e. The van der Waals surface area contributed by atoms with Crippen molar-refractivity contribution in [3.8, 4) is 5.75 Å². The molecule has 0 spiro atoms. The fourth-order valence-electron chi connectivity index (χ4n) is 3.60. The van der Waals surface area contributed by atoms with E-state index in [-0.39, 0.29) is 12.2 Å². The van der Waals surface area contributed by atoms with E-state index in [4.69, 9.17) is 15.6 Å². The summed E-state index contributed by atoms with van der Waals surface area (Å²) in [6.45, 7) is 1.16. The molecule has 1 fully saturated rings. The summed E-state index contributed by atoms with van der Waals surface area (Å²) < 4.78 is 22.4. The molecule has 1 heterocycles. The molecular weight excluding hydrogens is 415 g/mol. The summed E-state index contributed by atoms with van der Waals surface area (Å²) in [5.41, 5.74) is 6.69. The minimum atomic E-state index is -1.02. The lowest BCUT2D eigenvalue weighted by atomic mass is 9.87. The fraction of sp³-hybridized carbons (Fsp3) is 0.208. The molecule has 0 amide bonds. The SMILES string of the molecule is NC(Cc1cccc(SN2CC(Oc3ccccc3)(c3cccc(F)c3)C2)c1)C(=O)O. The highest BCUT2D eigenvalue weighted by molar-refractivity contribution is 7.97. The molecule has 1 atom stereocenters. The van der Waals surface area contributed by atoms with Crippen LogP contribution in [-0.2, 0) is 16.8 Å². The zero-order valence-electron chi connectivity index (χ0n) is 16.8. The van der Waals surface area contributed by atoms with Gasteiger partial charge in [0.1, 0.15) is 17.6 Å². The van der Waals surface area contributed by atoms with Gasteiger partial charge in [0.05, 0.1) is 13.1 Å². The van der Waals surface area contributed by atoms with Crippen molar-refractivity contribution in [2.75, 3.05) is 13.1 Å². The molecule has 31 heavy (non-hydrogen) atoms. The van der Waals surface area contributed by atoms with Crippen LogP contribution in [0.25, 0.3) is 0 Å². The molecule has 160 valence electrons. The van der Waals surface area contributed by atoms with Crippen LogP contribution >= 0.6 is 11.9 Å². The molecule has 1 saturated heterocycles. The first-order chi connectivity index (χ1) is 14.9. The molecule has 3 aromatic rings. The number of rotatable bonds is 8. The number of ether oxygens (including phenoxy) is 1. The number of nitrogens with zero attached hydrogens (tertiary/aromatic N) is 1. The Morgan fingerprint density at radius 2 is 1.84 bits per heavy atom. The Morgan fingerprint density at radius 3 is 2.55 bits per heavy atom. The van der Waals surface area contributed by atoms with Gasteiger partial charge in [-0.1, -0.05) is 42.5 Å². The minimum Gasteiger partial charge on any atom is -0.480 e. The number of nitrogens with two attached hydrogens (primary N) is 1. The monoisotopic (exact) mass is 438 g/mol. The van der Waals surface area contributed by atoms with Crippen LogP contribution in [-0.4, -0.2) is 34.5 Å². The predicted octanol–water partition coefficient (Wildman–Crippen LogP) is 4.08. The van der Waals surface area contributed by atoms with Crippen LogP contribution in [0.15, 0.2) is 83.8 Å². The molecule has 7 heteroatoms. The summed E-state index contributed by atoms with van der Waals surface area (Å²) in [4.78, 5) is 12.0. The Kier molecular flexibility index (Phi) is 6.27. The maximum atomic E-state index is 13.9. The summed E-state index contributed by atoms with van der Waals surface area (Å²) in [5, 5.41) is 9.03. The van der Waals surface area contributed by atoms with E-state index in [0.29, 0.717) is 13.1 Å². The number of para-hydroxylation sites is 1. The van der Waals surface area contributed by atoms with E-state index in [1.807, 2.05) is 60.7 Å². The number of carboxylic acid groups (broad SMARTS) is 1. The minimum absolute atomic E-state index is 0.272. The summed E-state index contributed by atoms with van der Waals surface area (Å²) >= 11 is 1.56. The first-order valence-electron chi connectivity index (χ1n) is 9.94. The number of carboxylic acids is 1. The van der Waals surface area contributed by atoms with Crippen molar-refractivity contribution < 1.29 is 19.0 Å². The molecule has 0 bridgehead atoms. The van der Waals surface area contributed by atoms with Gasteiger partial charge in [0.2, 0.25) is 0 Å². The van der Waals surface area contributed by atoms with Gasteiger partial charge in [-0.15, -0.1) is 0 Å².